The van der Waals surface area contributed by atoms with E-state index in [4.69, 9.17) is 4.42 Å². The van der Waals surface area contributed by atoms with Crippen molar-refractivity contribution in [2.75, 3.05) is 38.1 Å². The highest BCUT2D eigenvalue weighted by Crippen LogP contribution is 2.41. The van der Waals surface area contributed by atoms with Gasteiger partial charge in [-0.1, -0.05) is 0 Å². The Morgan fingerprint density at radius 3 is 2.74 bits per heavy atom. The molecule has 1 aromatic carbocycles. The van der Waals surface area contributed by atoms with E-state index in [0.29, 0.717) is 22.4 Å². The molecule has 0 amide bonds. The van der Waals surface area contributed by atoms with Gasteiger partial charge in [0.25, 0.3) is 0 Å². The third kappa shape index (κ3) is 3.94. The lowest BCUT2D eigenvalue weighted by molar-refractivity contribution is 0.0900. The van der Waals surface area contributed by atoms with E-state index in [1.54, 1.807) is 18.5 Å². The molecule has 3 aromatic heterocycles. The minimum atomic E-state index is 0.0122. The average Bonchev–Trinajstić information content (AvgIpc) is 3.38. The van der Waals surface area contributed by atoms with Gasteiger partial charge in [-0.25, -0.2) is 9.97 Å². The normalized spacial score (nSPS) is 17.7. The van der Waals surface area contributed by atoms with Gasteiger partial charge in [0.15, 0.2) is 17.9 Å². The molecular weight excluding hydrogens is 428 g/mol. The summed E-state index contributed by atoms with van der Waals surface area (Å²) in [6, 6.07) is 11.4. The van der Waals surface area contributed by atoms with E-state index in [0.717, 1.165) is 48.5 Å². The highest BCUT2D eigenvalue weighted by molar-refractivity contribution is 5.98. The van der Waals surface area contributed by atoms with Crippen LogP contribution < -0.4 is 4.90 Å². The van der Waals surface area contributed by atoms with Crippen LogP contribution in [0.2, 0.25) is 0 Å². The summed E-state index contributed by atoms with van der Waals surface area (Å²) in [4.78, 5) is 26.3. The van der Waals surface area contributed by atoms with Crippen LogP contribution in [0.4, 0.5) is 5.82 Å². The Labute approximate surface area is 197 Å². The number of piperidine rings is 1. The molecule has 8 heteroatoms. The first-order valence-electron chi connectivity index (χ1n) is 11.6. The Kier molecular flexibility index (Phi) is 5.10. The van der Waals surface area contributed by atoms with Crippen LogP contribution in [0, 0.1) is 5.41 Å². The van der Waals surface area contributed by atoms with Crippen molar-refractivity contribution in [3.63, 3.8) is 0 Å². The number of carbonyl (C=O) groups is 1. The van der Waals surface area contributed by atoms with E-state index in [-0.39, 0.29) is 12.2 Å². The zero-order valence-electron chi connectivity index (χ0n) is 19.1. The summed E-state index contributed by atoms with van der Waals surface area (Å²) >= 11 is 0. The van der Waals surface area contributed by atoms with Crippen molar-refractivity contribution >= 4 is 22.5 Å². The van der Waals surface area contributed by atoms with Crippen LogP contribution in [0.3, 0.4) is 0 Å². The predicted molar refractivity (Wildman–Crippen MR) is 129 cm³/mol. The zero-order chi connectivity index (χ0) is 23.1. The molecule has 172 valence electrons. The molecule has 2 fully saturated rings. The van der Waals surface area contributed by atoms with E-state index < -0.39 is 0 Å². The SMILES string of the molecule is CN1CCC2(CC1)CN(c1cc(C(=O)Cc3cc4cc(-c5cnco5)ccc4nn3)ccn1)C2. The fraction of sp³-hybridized carbons (Fsp3) is 0.346. The number of hydrogen-bond donors (Lipinski definition) is 0. The Morgan fingerprint density at radius 2 is 1.94 bits per heavy atom. The Balaban J connectivity index is 1.16. The molecule has 0 atom stereocenters. The molecule has 0 saturated carbocycles. The first-order chi connectivity index (χ1) is 16.6. The summed E-state index contributed by atoms with van der Waals surface area (Å²) in [6.45, 7) is 4.36. The molecule has 6 rings (SSSR count). The van der Waals surface area contributed by atoms with Gasteiger partial charge in [0.05, 0.1) is 23.8 Å². The number of nitrogens with zero attached hydrogens (tertiary/aromatic N) is 6. The molecule has 0 aliphatic carbocycles. The number of carbonyl (C=O) groups excluding carboxylic acids is 1. The number of Topliss-reactive ketones (excluding diaryl/α,β-unsaturated/α-hetero) is 1. The van der Waals surface area contributed by atoms with Gasteiger partial charge in [0.2, 0.25) is 0 Å². The molecule has 0 radical (unpaired) electrons. The first kappa shape index (κ1) is 20.9. The highest BCUT2D eigenvalue weighted by Gasteiger charge is 2.44. The molecule has 4 aromatic rings. The van der Waals surface area contributed by atoms with Crippen molar-refractivity contribution in [2.45, 2.75) is 19.3 Å². The van der Waals surface area contributed by atoms with Crippen LogP contribution in [0.1, 0.15) is 28.9 Å². The van der Waals surface area contributed by atoms with E-state index in [9.17, 15) is 4.79 Å². The molecule has 1 spiro atoms. The maximum absolute atomic E-state index is 13.1. The van der Waals surface area contributed by atoms with Crippen LogP contribution in [-0.2, 0) is 6.42 Å². The summed E-state index contributed by atoms with van der Waals surface area (Å²) in [5.74, 6) is 1.59. The van der Waals surface area contributed by atoms with Crippen molar-refractivity contribution in [1.82, 2.24) is 25.1 Å². The molecule has 34 heavy (non-hydrogen) atoms. The summed E-state index contributed by atoms with van der Waals surface area (Å²) in [5, 5.41) is 9.48. The van der Waals surface area contributed by atoms with Gasteiger partial charge in [-0.3, -0.25) is 4.79 Å². The number of anilines is 1. The number of ketones is 1. The summed E-state index contributed by atoms with van der Waals surface area (Å²) in [7, 11) is 2.19. The van der Waals surface area contributed by atoms with Gasteiger partial charge in [-0.15, -0.1) is 0 Å². The number of fused-ring (bicyclic) bond motifs is 1. The first-order valence-corrected chi connectivity index (χ1v) is 11.6. The minimum absolute atomic E-state index is 0.0122. The number of pyridine rings is 1. The van der Waals surface area contributed by atoms with Gasteiger partial charge < -0.3 is 14.2 Å². The van der Waals surface area contributed by atoms with Gasteiger partial charge in [-0.05, 0) is 69.4 Å². The Morgan fingerprint density at radius 1 is 1.09 bits per heavy atom. The van der Waals surface area contributed by atoms with E-state index in [2.05, 4.69) is 37.0 Å². The smallest absolute Gasteiger partial charge is 0.181 e. The second kappa shape index (κ2) is 8.29. The van der Waals surface area contributed by atoms with Crippen LogP contribution in [0.5, 0.6) is 0 Å². The van der Waals surface area contributed by atoms with Gasteiger partial charge in [-0.2, -0.15) is 10.2 Å². The number of benzene rings is 1. The minimum Gasteiger partial charge on any atom is -0.444 e. The molecule has 5 heterocycles. The molecule has 2 aliphatic heterocycles. The third-order valence-electron chi connectivity index (χ3n) is 7.19. The number of hydrogen-bond acceptors (Lipinski definition) is 8. The molecule has 0 unspecified atom stereocenters. The molecule has 0 bridgehead atoms. The van der Waals surface area contributed by atoms with E-state index in [1.165, 1.54) is 19.2 Å². The standard InChI is InChI=1S/C26H26N6O2/c1-31-8-5-26(6-9-31)15-32(16-26)25-12-18(4-7-28-25)23(33)13-21-11-20-10-19(24-14-27-17-34-24)2-3-22(20)30-29-21/h2-4,7,10-12,14,17H,5-6,8-9,13,15-16H2,1H3. The average molecular weight is 455 g/mol. The molecule has 2 aliphatic rings. The molecule has 2 saturated heterocycles. The monoisotopic (exact) mass is 454 g/mol. The number of likely N-dealkylation sites (tertiary alicyclic amines) is 1. The van der Waals surface area contributed by atoms with Gasteiger partial charge in [0.1, 0.15) is 5.82 Å². The van der Waals surface area contributed by atoms with Gasteiger partial charge >= 0.3 is 0 Å². The van der Waals surface area contributed by atoms with Crippen molar-refractivity contribution in [2.24, 2.45) is 5.41 Å². The Bertz CT molecular complexity index is 1340. The maximum Gasteiger partial charge on any atom is 0.181 e. The number of rotatable bonds is 5. The van der Waals surface area contributed by atoms with E-state index >= 15 is 0 Å². The largest absolute Gasteiger partial charge is 0.444 e. The van der Waals surface area contributed by atoms with Crippen LogP contribution in [-0.4, -0.2) is 64.1 Å². The lowest BCUT2D eigenvalue weighted by Crippen LogP contribution is -2.60. The fourth-order valence-electron chi connectivity index (χ4n) is 5.05. The topological polar surface area (TPSA) is 88.2 Å². The second-order valence-electron chi connectivity index (χ2n) is 9.64. The second-order valence-corrected chi connectivity index (χ2v) is 9.64. The summed E-state index contributed by atoms with van der Waals surface area (Å²) < 4.78 is 5.39. The third-order valence-corrected chi connectivity index (χ3v) is 7.19. The molecule has 8 nitrogen and oxygen atoms in total. The number of oxazole rings is 1. The quantitative estimate of drug-likeness (QED) is 0.423. The lowest BCUT2D eigenvalue weighted by atomic mass is 9.72. The van der Waals surface area contributed by atoms with Crippen molar-refractivity contribution < 1.29 is 9.21 Å². The highest BCUT2D eigenvalue weighted by atomic mass is 16.3. The van der Waals surface area contributed by atoms with E-state index in [1.807, 2.05) is 30.3 Å². The zero-order valence-corrected chi connectivity index (χ0v) is 19.1. The van der Waals surface area contributed by atoms with Crippen LogP contribution >= 0.6 is 0 Å². The van der Waals surface area contributed by atoms with Gasteiger partial charge in [0, 0.05) is 41.2 Å². The maximum atomic E-state index is 13.1. The lowest BCUT2D eigenvalue weighted by Gasteiger charge is -2.54. The summed E-state index contributed by atoms with van der Waals surface area (Å²) in [6.07, 6.45) is 7.47. The molecule has 0 N–H and O–H groups in total. The van der Waals surface area contributed by atoms with Crippen LogP contribution in [0.15, 0.2) is 59.6 Å². The molecular formula is C26H26N6O2. The predicted octanol–water partition coefficient (Wildman–Crippen LogP) is 3.64. The van der Waals surface area contributed by atoms with Crippen molar-refractivity contribution in [3.8, 4) is 11.3 Å². The summed E-state index contributed by atoms with van der Waals surface area (Å²) in [5.41, 5.74) is 3.39. The van der Waals surface area contributed by atoms with Crippen LogP contribution in [0.25, 0.3) is 22.2 Å². The van der Waals surface area contributed by atoms with Crippen molar-refractivity contribution in [3.05, 3.63) is 66.4 Å². The fourth-order valence-corrected chi connectivity index (χ4v) is 5.05. The van der Waals surface area contributed by atoms with Crippen molar-refractivity contribution in [1.29, 1.82) is 0 Å². The number of aromatic nitrogens is 4. The Hall–Kier alpha value is -3.65.